The number of imide groups is 2. The van der Waals surface area contributed by atoms with Crippen molar-refractivity contribution < 1.29 is 19.2 Å². The third kappa shape index (κ3) is 7.94. The third-order valence-corrected chi connectivity index (χ3v) is 13.1. The summed E-state index contributed by atoms with van der Waals surface area (Å²) in [5.41, 5.74) is 6.84. The monoisotopic (exact) mass is 878 g/mol. The summed E-state index contributed by atoms with van der Waals surface area (Å²) in [6, 6.07) is 33.0. The minimum Gasteiger partial charge on any atom is -0.371 e. The number of aromatic nitrogens is 4. The number of benzene rings is 4. The maximum atomic E-state index is 13.7. The number of hydrogen-bond donors (Lipinski definition) is 3. The van der Waals surface area contributed by atoms with E-state index in [1.165, 1.54) is 9.77 Å². The molecule has 0 saturated carbocycles. The Hall–Kier alpha value is -7.04. The van der Waals surface area contributed by atoms with E-state index in [0.717, 1.165) is 85.4 Å². The quantitative estimate of drug-likeness (QED) is 0.112. The Labute approximate surface area is 374 Å². The molecule has 0 radical (unpaired) electrons. The largest absolute Gasteiger partial charge is 0.371 e. The van der Waals surface area contributed by atoms with Crippen molar-refractivity contribution in [3.63, 3.8) is 0 Å². The molecule has 6 heterocycles. The first kappa shape index (κ1) is 41.0. The lowest BCUT2D eigenvalue weighted by molar-refractivity contribution is -0.122. The summed E-state index contributed by atoms with van der Waals surface area (Å²) in [7, 11) is 2.24. The van der Waals surface area contributed by atoms with Crippen molar-refractivity contribution in [3.05, 3.63) is 114 Å². The van der Waals surface area contributed by atoms with E-state index in [1.807, 2.05) is 66.7 Å². The number of fused-ring (bicyclic) bond motifs is 2. The maximum Gasteiger partial charge on any atom is 0.343 e. The van der Waals surface area contributed by atoms with Gasteiger partial charge in [0.05, 0.1) is 23.4 Å². The van der Waals surface area contributed by atoms with Crippen LogP contribution in [0.4, 0.5) is 39.4 Å². The molecule has 326 valence electrons. The van der Waals surface area contributed by atoms with E-state index in [-0.39, 0.29) is 18.5 Å². The van der Waals surface area contributed by atoms with Crippen molar-refractivity contribution in [1.82, 2.24) is 39.3 Å². The fourth-order valence-electron chi connectivity index (χ4n) is 9.36. The summed E-state index contributed by atoms with van der Waals surface area (Å²) in [5, 5.41) is 10.8. The van der Waals surface area contributed by atoms with Crippen LogP contribution in [-0.4, -0.2) is 110 Å². The average molecular weight is 879 g/mol. The molecule has 2 aromatic heterocycles. The minimum atomic E-state index is -0.765. The van der Waals surface area contributed by atoms with Crippen LogP contribution in [0.2, 0.25) is 0 Å². The Kier molecular flexibility index (Phi) is 11.1. The average Bonchev–Trinajstić information content (AvgIpc) is 3.77. The van der Waals surface area contributed by atoms with Crippen molar-refractivity contribution in [3.8, 4) is 11.3 Å². The van der Waals surface area contributed by atoms with Crippen LogP contribution >= 0.6 is 11.8 Å². The van der Waals surface area contributed by atoms with Gasteiger partial charge in [0.25, 0.3) is 11.8 Å². The molecule has 0 atom stereocenters. The number of urea groups is 1. The van der Waals surface area contributed by atoms with Gasteiger partial charge in [-0.3, -0.25) is 19.7 Å². The zero-order chi connectivity index (χ0) is 43.9. The predicted octanol–water partition coefficient (Wildman–Crippen LogP) is 7.25. The number of rotatable bonds is 11. The number of amides is 5. The summed E-state index contributed by atoms with van der Waals surface area (Å²) >= 11 is 6.83. The Balaban J connectivity index is 0.737. The lowest BCUT2D eigenvalue weighted by atomic mass is 9.93. The number of nitrogens with zero attached hydrogens (tertiary/aromatic N) is 9. The molecule has 10 rings (SSSR count). The first-order valence-electron chi connectivity index (χ1n) is 21.7. The lowest BCUT2D eigenvalue weighted by Gasteiger charge is -2.41. The zero-order valence-corrected chi connectivity index (χ0v) is 36.0. The zero-order valence-electron chi connectivity index (χ0n) is 35.3. The molecule has 4 aliphatic heterocycles. The molecule has 3 saturated heterocycles. The molecule has 17 heteroatoms. The molecule has 6 aromatic rings. The van der Waals surface area contributed by atoms with Gasteiger partial charge in [0.2, 0.25) is 17.8 Å². The standard InChI is InChI=1S/C47H47ClN12O4/c1-55(29-30-19-24-57(25-20-30)37-14-8-13-36-39(37)44(63)60(43(36)62)58-28-23-38(61)51-47(58)64)34-21-26-56(27-22-34)35-17-15-33(16-18-35)49-45-52-40(31-9-4-2-5-10-31)41-42(54-45)59(48)46(53-41)50-32-11-6-3-7-12-32/h2-18,30,34H,19-29H2,1H3,(H,50,53)(H,49,52,54)(H,51,61,64). The van der Waals surface area contributed by atoms with Crippen molar-refractivity contribution in [2.24, 2.45) is 5.92 Å². The second-order valence-corrected chi connectivity index (χ2v) is 17.1. The molecule has 0 aliphatic carbocycles. The van der Waals surface area contributed by atoms with Crippen LogP contribution in [0.5, 0.6) is 0 Å². The molecule has 0 spiro atoms. The Morgan fingerprint density at radius 3 is 2.12 bits per heavy atom. The van der Waals surface area contributed by atoms with E-state index < -0.39 is 23.8 Å². The maximum absolute atomic E-state index is 13.7. The Morgan fingerprint density at radius 2 is 1.41 bits per heavy atom. The highest BCUT2D eigenvalue weighted by atomic mass is 35.5. The summed E-state index contributed by atoms with van der Waals surface area (Å²) in [6.45, 7) is 4.40. The lowest BCUT2D eigenvalue weighted by Crippen LogP contribution is -2.58. The number of nitrogens with one attached hydrogen (secondary N) is 3. The van der Waals surface area contributed by atoms with Crippen molar-refractivity contribution in [2.45, 2.75) is 38.1 Å². The number of hydrazine groups is 1. The van der Waals surface area contributed by atoms with Gasteiger partial charge in [-0.15, -0.1) is 0 Å². The van der Waals surface area contributed by atoms with E-state index >= 15 is 0 Å². The fourth-order valence-corrected chi connectivity index (χ4v) is 9.56. The van der Waals surface area contributed by atoms with Crippen molar-refractivity contribution in [1.29, 1.82) is 0 Å². The number of carbonyl (C=O) groups is 4. The summed E-state index contributed by atoms with van der Waals surface area (Å²) in [5.74, 6) is -0.147. The molecular formula is C47H47ClN12O4. The first-order valence-corrected chi connectivity index (χ1v) is 22.1. The van der Waals surface area contributed by atoms with Gasteiger partial charge in [0, 0.05) is 79.6 Å². The van der Waals surface area contributed by atoms with Gasteiger partial charge >= 0.3 is 6.03 Å². The Morgan fingerprint density at radius 1 is 0.719 bits per heavy atom. The number of piperidine rings is 2. The SMILES string of the molecule is CN(CC1CCN(c2cccc3c2C(=O)N(N2CCC(=O)NC2=O)C3=O)CC1)C1CCN(c2ccc(Nc3nc(-c4ccccc4)c4nc(Nc5ccccc5)n(Cl)c4n3)cc2)CC1. The molecule has 5 amide bonds. The Bertz CT molecular complexity index is 2740. The second kappa shape index (κ2) is 17.3. The van der Waals surface area contributed by atoms with Crippen LogP contribution in [-0.2, 0) is 4.79 Å². The topological polar surface area (TPSA) is 164 Å². The number of imidazole rings is 1. The fraction of sp³-hybridized carbons (Fsp3) is 0.298. The first-order chi connectivity index (χ1) is 31.2. The summed E-state index contributed by atoms with van der Waals surface area (Å²) < 4.78 is 1.43. The highest BCUT2D eigenvalue weighted by molar-refractivity contribution is 6.24. The van der Waals surface area contributed by atoms with Gasteiger partial charge in [0.1, 0.15) is 11.2 Å². The number of hydrogen-bond acceptors (Lipinski definition) is 12. The van der Waals surface area contributed by atoms with Crippen LogP contribution in [0.1, 0.15) is 52.8 Å². The molecular weight excluding hydrogens is 832 g/mol. The molecule has 4 aliphatic rings. The molecule has 0 unspecified atom stereocenters. The smallest absolute Gasteiger partial charge is 0.343 e. The molecule has 3 N–H and O–H groups in total. The predicted molar refractivity (Wildman–Crippen MR) is 246 cm³/mol. The molecule has 4 aromatic carbocycles. The normalized spacial score (nSPS) is 17.4. The van der Waals surface area contributed by atoms with Crippen LogP contribution in [0, 0.1) is 5.92 Å². The van der Waals surface area contributed by atoms with Gasteiger partial charge in [-0.25, -0.2) is 23.9 Å². The third-order valence-electron chi connectivity index (χ3n) is 12.8. The number of anilines is 6. The summed E-state index contributed by atoms with van der Waals surface area (Å²) in [6.07, 6.45) is 4.07. The number of carbonyl (C=O) groups excluding carboxylic acids is 4. The van der Waals surface area contributed by atoms with Gasteiger partial charge in [-0.1, -0.05) is 54.6 Å². The van der Waals surface area contributed by atoms with Crippen LogP contribution in [0.15, 0.2) is 103 Å². The number of halogens is 1. The van der Waals surface area contributed by atoms with Crippen LogP contribution in [0.25, 0.3) is 22.4 Å². The van der Waals surface area contributed by atoms with Crippen LogP contribution in [0.3, 0.4) is 0 Å². The highest BCUT2D eigenvalue weighted by Crippen LogP contribution is 2.36. The molecule has 16 nitrogen and oxygen atoms in total. The van der Waals surface area contributed by atoms with Gasteiger partial charge in [0.15, 0.2) is 5.65 Å². The van der Waals surface area contributed by atoms with Crippen LogP contribution < -0.4 is 25.8 Å². The van der Waals surface area contributed by atoms with E-state index in [1.54, 1.807) is 12.1 Å². The molecule has 64 heavy (non-hydrogen) atoms. The molecule has 0 bridgehead atoms. The van der Waals surface area contributed by atoms with Crippen molar-refractivity contribution in [2.75, 3.05) is 66.7 Å². The van der Waals surface area contributed by atoms with E-state index in [2.05, 4.69) is 62.0 Å². The minimum absolute atomic E-state index is 0.0199. The highest BCUT2D eigenvalue weighted by Gasteiger charge is 2.45. The van der Waals surface area contributed by atoms with Gasteiger partial charge in [-0.05, 0) is 87.2 Å². The summed E-state index contributed by atoms with van der Waals surface area (Å²) in [4.78, 5) is 72.9. The van der Waals surface area contributed by atoms with E-state index in [4.69, 9.17) is 26.7 Å². The second-order valence-electron chi connectivity index (χ2n) is 16.7. The van der Waals surface area contributed by atoms with Gasteiger partial charge < -0.3 is 25.3 Å². The number of para-hydroxylation sites is 1. The van der Waals surface area contributed by atoms with E-state index in [9.17, 15) is 19.2 Å². The van der Waals surface area contributed by atoms with Crippen molar-refractivity contribution >= 4 is 81.3 Å². The van der Waals surface area contributed by atoms with E-state index in [0.29, 0.717) is 52.0 Å². The van der Waals surface area contributed by atoms with Gasteiger partial charge in [-0.2, -0.15) is 9.99 Å². The molecule has 3 fully saturated rings.